The standard InChI is InChI=1S/C43H66N4O4S/c1-26(2)28(5)38(6)17-18-40(8)30-12-13-33-39(7)22-50-24-43(33,31(30)14-16-41(40,9)34(38)37(48)49)20-32(35(39)51-23-42(10,44-11)27(3)4)47-36(45-25-46-47)29-15-19-52-21-29/h14-15,19,21,25-28,30,32-35,44H,12-13,16-18,20,22-24H2,1-11H3,(H,48,49)/t28-,30+,32-,33+,34-,35+,38-,39-,40-,41+,42+,43+/m1/s1. The lowest BCUT2D eigenvalue weighted by Gasteiger charge is -2.71. The van der Waals surface area contributed by atoms with Crippen LogP contribution >= 0.6 is 11.3 Å². The van der Waals surface area contributed by atoms with Gasteiger partial charge in [0.15, 0.2) is 5.82 Å². The van der Waals surface area contributed by atoms with Gasteiger partial charge in [-0.15, -0.1) is 0 Å². The maximum atomic E-state index is 13.6. The number of thiophene rings is 1. The zero-order valence-electron chi connectivity index (χ0n) is 33.8. The zero-order valence-corrected chi connectivity index (χ0v) is 34.6. The predicted molar refractivity (Wildman–Crippen MR) is 208 cm³/mol. The molecule has 288 valence electrons. The van der Waals surface area contributed by atoms with Crippen molar-refractivity contribution in [2.75, 3.05) is 26.9 Å². The van der Waals surface area contributed by atoms with Gasteiger partial charge in [0.25, 0.3) is 0 Å². The summed E-state index contributed by atoms with van der Waals surface area (Å²) in [5.74, 6) is 1.72. The van der Waals surface area contributed by atoms with Crippen molar-refractivity contribution < 1.29 is 19.4 Å². The summed E-state index contributed by atoms with van der Waals surface area (Å²) in [6, 6.07) is 2.11. The molecule has 0 radical (unpaired) electrons. The van der Waals surface area contributed by atoms with Gasteiger partial charge in [0.2, 0.25) is 0 Å². The largest absolute Gasteiger partial charge is 0.481 e. The molecule has 2 bridgehead atoms. The number of aliphatic carboxylic acids is 1. The van der Waals surface area contributed by atoms with E-state index in [4.69, 9.17) is 19.6 Å². The fourth-order valence-electron chi connectivity index (χ4n) is 13.0. The quantitative estimate of drug-likeness (QED) is 0.235. The van der Waals surface area contributed by atoms with Gasteiger partial charge in [-0.05, 0) is 110 Å². The molecule has 2 aromatic rings. The van der Waals surface area contributed by atoms with E-state index in [1.165, 1.54) is 0 Å². The summed E-state index contributed by atoms with van der Waals surface area (Å²) in [5.41, 5.74) is 1.28. The van der Waals surface area contributed by atoms with Gasteiger partial charge >= 0.3 is 5.97 Å². The fraction of sp³-hybridized carbons (Fsp3) is 0.791. The number of allylic oxidation sites excluding steroid dienone is 1. The number of nitrogens with zero attached hydrogens (tertiary/aromatic N) is 3. The molecular weight excluding hydrogens is 669 g/mol. The number of hydrogen-bond acceptors (Lipinski definition) is 7. The third-order valence-corrected chi connectivity index (χ3v) is 17.8. The first kappa shape index (κ1) is 38.2. The Bertz CT molecular complexity index is 1670. The number of hydrogen-bond donors (Lipinski definition) is 2. The Balaban J connectivity index is 1.35. The second kappa shape index (κ2) is 13.0. The van der Waals surface area contributed by atoms with E-state index in [9.17, 15) is 9.90 Å². The van der Waals surface area contributed by atoms with E-state index < -0.39 is 11.9 Å². The van der Waals surface area contributed by atoms with Crippen molar-refractivity contribution in [1.29, 1.82) is 0 Å². The number of nitrogens with one attached hydrogen (secondary N) is 1. The number of carboxylic acid groups (broad SMARTS) is 1. The Labute approximate surface area is 316 Å². The number of ether oxygens (including phenoxy) is 2. The summed E-state index contributed by atoms with van der Waals surface area (Å²) in [6.07, 6.45) is 9.99. The van der Waals surface area contributed by atoms with Gasteiger partial charge in [-0.25, -0.2) is 9.67 Å². The van der Waals surface area contributed by atoms with Crippen molar-refractivity contribution in [2.45, 2.75) is 125 Å². The highest BCUT2D eigenvalue weighted by atomic mass is 32.1. The van der Waals surface area contributed by atoms with Crippen LogP contribution < -0.4 is 5.32 Å². The summed E-state index contributed by atoms with van der Waals surface area (Å²) < 4.78 is 16.3. The first-order valence-corrected chi connectivity index (χ1v) is 21.1. The molecule has 7 rings (SSSR count). The topological polar surface area (TPSA) is 98.5 Å². The highest BCUT2D eigenvalue weighted by Gasteiger charge is 2.72. The maximum Gasteiger partial charge on any atom is 0.307 e. The molecule has 0 aromatic carbocycles. The minimum Gasteiger partial charge on any atom is -0.481 e. The molecule has 8 nitrogen and oxygen atoms in total. The van der Waals surface area contributed by atoms with Crippen molar-refractivity contribution in [3.8, 4) is 11.4 Å². The van der Waals surface area contributed by atoms with Gasteiger partial charge in [-0.3, -0.25) is 4.79 Å². The lowest BCUT2D eigenvalue weighted by atomic mass is 9.34. The molecule has 2 N–H and O–H groups in total. The maximum absolute atomic E-state index is 13.6. The summed E-state index contributed by atoms with van der Waals surface area (Å²) >= 11 is 1.68. The molecule has 9 heteroatoms. The summed E-state index contributed by atoms with van der Waals surface area (Å²) in [4.78, 5) is 18.4. The molecule has 0 amide bonds. The van der Waals surface area contributed by atoms with Crippen LogP contribution in [-0.2, 0) is 14.3 Å². The van der Waals surface area contributed by atoms with E-state index >= 15 is 0 Å². The van der Waals surface area contributed by atoms with Gasteiger partial charge < -0.3 is 19.9 Å². The van der Waals surface area contributed by atoms with Crippen LogP contribution in [0, 0.1) is 62.6 Å². The molecule has 12 atom stereocenters. The minimum atomic E-state index is -0.611. The Hall–Kier alpha value is -2.07. The number of carbonyl (C=O) groups is 1. The molecule has 4 fully saturated rings. The Morgan fingerprint density at radius 1 is 1.13 bits per heavy atom. The first-order chi connectivity index (χ1) is 24.4. The average Bonchev–Trinajstić information content (AvgIpc) is 3.80. The van der Waals surface area contributed by atoms with Crippen molar-refractivity contribution in [2.24, 2.45) is 62.6 Å². The molecule has 4 aliphatic carbocycles. The van der Waals surface area contributed by atoms with Gasteiger partial charge in [0, 0.05) is 27.3 Å². The zero-order chi connectivity index (χ0) is 37.6. The summed E-state index contributed by atoms with van der Waals surface area (Å²) in [5, 5.41) is 24.0. The van der Waals surface area contributed by atoms with Crippen LogP contribution in [0.1, 0.15) is 114 Å². The van der Waals surface area contributed by atoms with Crippen LogP contribution in [0.15, 0.2) is 34.8 Å². The molecule has 3 heterocycles. The minimum absolute atomic E-state index is 0.0371. The number of rotatable bonds is 10. The van der Waals surface area contributed by atoms with Gasteiger partial charge in [-0.1, -0.05) is 74.0 Å². The summed E-state index contributed by atoms with van der Waals surface area (Å²) in [7, 11) is 2.04. The van der Waals surface area contributed by atoms with Crippen LogP contribution in [0.25, 0.3) is 11.4 Å². The first-order valence-electron chi connectivity index (χ1n) is 20.2. The van der Waals surface area contributed by atoms with Crippen LogP contribution in [-0.4, -0.2) is 64.4 Å². The lowest BCUT2D eigenvalue weighted by Crippen LogP contribution is -2.69. The monoisotopic (exact) mass is 734 g/mol. The second-order valence-electron chi connectivity index (χ2n) is 19.7. The number of aromatic nitrogens is 3. The molecule has 5 aliphatic rings. The second-order valence-corrected chi connectivity index (χ2v) is 20.5. The SMILES string of the molecule is CN[C@@](C)(CO[C@H]1[C@H](n2ncnc2-c2ccsc2)C[C@@]23COC[C@]1(C)[C@@H]2CC[C@H]1C3=CC[C@@]2(C)[C@H](C(=O)O)[C@@](C)([C@H](C)C(C)C)CC[C@]12C)C(C)C. The van der Waals surface area contributed by atoms with Crippen LogP contribution in [0.4, 0.5) is 0 Å². The molecule has 1 saturated heterocycles. The Morgan fingerprint density at radius 3 is 2.52 bits per heavy atom. The van der Waals surface area contributed by atoms with E-state index in [-0.39, 0.29) is 44.8 Å². The molecular formula is C43H66N4O4S. The van der Waals surface area contributed by atoms with E-state index in [0.717, 1.165) is 49.9 Å². The van der Waals surface area contributed by atoms with Gasteiger partial charge in [-0.2, -0.15) is 16.4 Å². The number of fused-ring (bicyclic) bond motifs is 3. The highest BCUT2D eigenvalue weighted by molar-refractivity contribution is 7.08. The predicted octanol–water partition coefficient (Wildman–Crippen LogP) is 9.16. The van der Waals surface area contributed by atoms with Crippen LogP contribution in [0.3, 0.4) is 0 Å². The molecule has 0 spiro atoms. The summed E-state index contributed by atoms with van der Waals surface area (Å²) in [6.45, 7) is 25.1. The molecule has 2 aromatic heterocycles. The number of likely N-dealkylation sites (N-methyl/N-ethyl adjacent to an activating group) is 1. The van der Waals surface area contributed by atoms with Crippen LogP contribution in [0.2, 0.25) is 0 Å². The lowest BCUT2D eigenvalue weighted by molar-refractivity contribution is -0.253. The Kier molecular flexibility index (Phi) is 9.57. The highest BCUT2D eigenvalue weighted by Crippen LogP contribution is 2.75. The molecule has 1 aliphatic heterocycles. The number of carboxylic acids is 1. The Morgan fingerprint density at radius 2 is 1.88 bits per heavy atom. The van der Waals surface area contributed by atoms with Crippen molar-refractivity contribution in [3.63, 3.8) is 0 Å². The average molecular weight is 735 g/mol. The smallest absolute Gasteiger partial charge is 0.307 e. The van der Waals surface area contributed by atoms with Gasteiger partial charge in [0.1, 0.15) is 6.33 Å². The molecule has 0 unspecified atom stereocenters. The fourth-order valence-corrected chi connectivity index (χ4v) is 13.6. The van der Waals surface area contributed by atoms with E-state index in [1.807, 2.05) is 7.05 Å². The van der Waals surface area contributed by atoms with E-state index in [2.05, 4.69) is 102 Å². The normalized spacial score (nSPS) is 41.8. The van der Waals surface area contributed by atoms with Crippen molar-refractivity contribution >= 4 is 17.3 Å². The van der Waals surface area contributed by atoms with E-state index in [1.54, 1.807) is 23.2 Å². The third kappa shape index (κ3) is 5.24. The molecule has 3 saturated carbocycles. The van der Waals surface area contributed by atoms with E-state index in [0.29, 0.717) is 49.4 Å². The van der Waals surface area contributed by atoms with Crippen molar-refractivity contribution in [3.05, 3.63) is 34.8 Å². The van der Waals surface area contributed by atoms with Crippen molar-refractivity contribution in [1.82, 2.24) is 20.1 Å². The molecule has 52 heavy (non-hydrogen) atoms. The van der Waals surface area contributed by atoms with Crippen LogP contribution in [0.5, 0.6) is 0 Å². The van der Waals surface area contributed by atoms with Gasteiger partial charge in [0.05, 0.1) is 37.9 Å². The third-order valence-electron chi connectivity index (χ3n) is 17.2.